The number of carbonyl (C=O) groups is 2. The monoisotopic (exact) mass is 403 g/mol. The summed E-state index contributed by atoms with van der Waals surface area (Å²) in [5, 5.41) is 3.38. The lowest BCUT2D eigenvalue weighted by atomic mass is 9.99. The predicted octanol–water partition coefficient (Wildman–Crippen LogP) is 4.42. The van der Waals surface area contributed by atoms with E-state index in [-0.39, 0.29) is 30.3 Å². The van der Waals surface area contributed by atoms with Gasteiger partial charge in [0.1, 0.15) is 5.82 Å². The van der Waals surface area contributed by atoms with Crippen molar-refractivity contribution in [1.82, 2.24) is 9.88 Å². The summed E-state index contributed by atoms with van der Waals surface area (Å²) in [6.07, 6.45) is 2.61. The number of rotatable bonds is 7. The molecule has 0 radical (unpaired) electrons. The minimum atomic E-state index is -0.386. The number of likely N-dealkylation sites (tertiary alicyclic amines) is 1. The molecular weight excluding hydrogens is 377 g/mol. The Morgan fingerprint density at radius 2 is 1.89 bits per heavy atom. The fourth-order valence-electron chi connectivity index (χ4n) is 3.24. The number of halogens is 1. The zero-order valence-corrected chi connectivity index (χ0v) is 17.2. The first-order valence-electron chi connectivity index (χ1n) is 9.68. The van der Waals surface area contributed by atoms with Crippen LogP contribution in [0.4, 0.5) is 9.52 Å². The lowest BCUT2D eigenvalue weighted by molar-refractivity contribution is -0.116. The van der Waals surface area contributed by atoms with Crippen molar-refractivity contribution in [2.45, 2.75) is 46.1 Å². The van der Waals surface area contributed by atoms with Crippen LogP contribution in [-0.4, -0.2) is 34.7 Å². The van der Waals surface area contributed by atoms with Crippen molar-refractivity contribution in [3.63, 3.8) is 0 Å². The summed E-state index contributed by atoms with van der Waals surface area (Å²) in [7, 11) is 0. The topological polar surface area (TPSA) is 62.3 Å². The zero-order valence-electron chi connectivity index (χ0n) is 16.3. The van der Waals surface area contributed by atoms with Crippen LogP contribution in [-0.2, 0) is 11.3 Å². The van der Waals surface area contributed by atoms with Crippen molar-refractivity contribution in [2.24, 2.45) is 5.92 Å². The summed E-state index contributed by atoms with van der Waals surface area (Å²) < 4.78 is 12.9. The number of anilines is 1. The smallest absolute Gasteiger partial charge is 0.226 e. The number of nitrogens with zero attached hydrogens (tertiary/aromatic N) is 2. The first-order chi connectivity index (χ1) is 13.4. The van der Waals surface area contributed by atoms with E-state index < -0.39 is 0 Å². The number of hydrogen-bond acceptors (Lipinski definition) is 5. The van der Waals surface area contributed by atoms with Crippen LogP contribution in [0.25, 0.3) is 0 Å². The highest BCUT2D eigenvalue weighted by molar-refractivity contribution is 7.15. The molecule has 1 aromatic heterocycles. The summed E-state index contributed by atoms with van der Waals surface area (Å²) >= 11 is 1.50. The lowest BCUT2D eigenvalue weighted by Gasteiger charge is -2.29. The molecule has 0 saturated carbocycles. The third-order valence-electron chi connectivity index (χ3n) is 5.13. The molecule has 2 aromatic rings. The van der Waals surface area contributed by atoms with Gasteiger partial charge in [-0.1, -0.05) is 6.92 Å². The number of piperidine rings is 1. The van der Waals surface area contributed by atoms with Gasteiger partial charge in [-0.05, 0) is 63.0 Å². The highest BCUT2D eigenvalue weighted by atomic mass is 32.1. The Hall–Kier alpha value is -2.12. The van der Waals surface area contributed by atoms with E-state index in [0.717, 1.165) is 31.2 Å². The lowest BCUT2D eigenvalue weighted by Crippen LogP contribution is -2.32. The van der Waals surface area contributed by atoms with Gasteiger partial charge in [0.15, 0.2) is 10.9 Å². The summed E-state index contributed by atoms with van der Waals surface area (Å²) in [4.78, 5) is 32.3. The maximum atomic E-state index is 12.9. The molecular formula is C21H26FN3O2S. The maximum absolute atomic E-state index is 12.9. The van der Waals surface area contributed by atoms with E-state index in [1.165, 1.54) is 53.3 Å². The van der Waals surface area contributed by atoms with E-state index in [2.05, 4.69) is 22.1 Å². The van der Waals surface area contributed by atoms with E-state index in [0.29, 0.717) is 10.7 Å². The van der Waals surface area contributed by atoms with Crippen LogP contribution in [0.15, 0.2) is 24.3 Å². The standard InChI is InChI=1S/C21H26FN3O2S/c1-14-9-11-25(12-10-14)13-19-15(2)23-21(28-19)24-20(27)8-7-18(26)16-3-5-17(22)6-4-16/h3-6,14H,7-13H2,1-2H3,(H,23,24,27). The normalized spacial score (nSPS) is 15.5. The first kappa shape index (κ1) is 20.6. The van der Waals surface area contributed by atoms with E-state index in [4.69, 9.17) is 0 Å². The summed E-state index contributed by atoms with van der Waals surface area (Å²) in [6.45, 7) is 7.34. The van der Waals surface area contributed by atoms with Gasteiger partial charge in [-0.25, -0.2) is 9.37 Å². The van der Waals surface area contributed by atoms with Crippen molar-refractivity contribution in [3.05, 3.63) is 46.2 Å². The largest absolute Gasteiger partial charge is 0.302 e. The second-order valence-corrected chi connectivity index (χ2v) is 8.55. The summed E-state index contributed by atoms with van der Waals surface area (Å²) in [5.41, 5.74) is 1.36. The van der Waals surface area contributed by atoms with Crippen LogP contribution in [0.3, 0.4) is 0 Å². The molecule has 3 rings (SSSR count). The first-order valence-corrected chi connectivity index (χ1v) is 10.5. The number of amides is 1. The molecule has 5 nitrogen and oxygen atoms in total. The number of nitrogens with one attached hydrogen (secondary N) is 1. The summed E-state index contributed by atoms with van der Waals surface area (Å²) in [6, 6.07) is 5.37. The molecule has 0 atom stereocenters. The third-order valence-corrected chi connectivity index (χ3v) is 6.19. The zero-order chi connectivity index (χ0) is 20.1. The number of thiazole rings is 1. The van der Waals surface area contributed by atoms with E-state index in [1.54, 1.807) is 0 Å². The van der Waals surface area contributed by atoms with Crippen LogP contribution in [0, 0.1) is 18.7 Å². The van der Waals surface area contributed by atoms with Crippen LogP contribution >= 0.6 is 11.3 Å². The van der Waals surface area contributed by atoms with Crippen LogP contribution in [0.2, 0.25) is 0 Å². The highest BCUT2D eigenvalue weighted by Crippen LogP contribution is 2.26. The van der Waals surface area contributed by atoms with Gasteiger partial charge in [0.05, 0.1) is 5.69 Å². The van der Waals surface area contributed by atoms with Crippen LogP contribution in [0.5, 0.6) is 0 Å². The molecule has 1 fully saturated rings. The number of ketones is 1. The van der Waals surface area contributed by atoms with Gasteiger partial charge in [-0.2, -0.15) is 0 Å². The number of hydrogen-bond donors (Lipinski definition) is 1. The van der Waals surface area contributed by atoms with Gasteiger partial charge < -0.3 is 5.32 Å². The van der Waals surface area contributed by atoms with Crippen molar-refractivity contribution >= 4 is 28.2 Å². The van der Waals surface area contributed by atoms with Gasteiger partial charge in [0.2, 0.25) is 5.91 Å². The number of aromatic nitrogens is 1. The molecule has 150 valence electrons. The average molecular weight is 404 g/mol. The molecule has 1 aromatic carbocycles. The Morgan fingerprint density at radius 1 is 1.21 bits per heavy atom. The Balaban J connectivity index is 1.49. The fourth-order valence-corrected chi connectivity index (χ4v) is 4.26. The van der Waals surface area contributed by atoms with Gasteiger partial charge in [0.25, 0.3) is 0 Å². The van der Waals surface area contributed by atoms with E-state index >= 15 is 0 Å². The van der Waals surface area contributed by atoms with Crippen LogP contribution < -0.4 is 5.32 Å². The minimum Gasteiger partial charge on any atom is -0.302 e. The Kier molecular flexibility index (Phi) is 6.91. The molecule has 0 aliphatic carbocycles. The number of benzene rings is 1. The molecule has 1 aliphatic rings. The molecule has 0 spiro atoms. The fraction of sp³-hybridized carbons (Fsp3) is 0.476. The Labute approximate surface area is 169 Å². The van der Waals surface area contributed by atoms with Crippen molar-refractivity contribution in [1.29, 1.82) is 0 Å². The number of aryl methyl sites for hydroxylation is 1. The number of Topliss-reactive ketones (excluding diaryl/α,β-unsaturated/α-hetero) is 1. The molecule has 2 heterocycles. The molecule has 28 heavy (non-hydrogen) atoms. The van der Waals surface area contributed by atoms with E-state index in [1.807, 2.05) is 6.92 Å². The molecule has 1 saturated heterocycles. The highest BCUT2D eigenvalue weighted by Gasteiger charge is 2.19. The van der Waals surface area contributed by atoms with Crippen molar-refractivity contribution in [3.8, 4) is 0 Å². The average Bonchev–Trinajstić information content (AvgIpc) is 3.01. The molecule has 0 bridgehead atoms. The maximum Gasteiger partial charge on any atom is 0.226 e. The van der Waals surface area contributed by atoms with Gasteiger partial charge in [-0.3, -0.25) is 14.5 Å². The molecule has 1 N–H and O–H groups in total. The van der Waals surface area contributed by atoms with Crippen molar-refractivity contribution < 1.29 is 14.0 Å². The predicted molar refractivity (Wildman–Crippen MR) is 109 cm³/mol. The Bertz CT molecular complexity index is 827. The van der Waals surface area contributed by atoms with E-state index in [9.17, 15) is 14.0 Å². The third kappa shape index (κ3) is 5.69. The summed E-state index contributed by atoms with van der Waals surface area (Å²) in [5.74, 6) is 0.00243. The van der Waals surface area contributed by atoms with Crippen molar-refractivity contribution in [2.75, 3.05) is 18.4 Å². The quantitative estimate of drug-likeness (QED) is 0.695. The van der Waals surface area contributed by atoms with Gasteiger partial charge >= 0.3 is 0 Å². The SMILES string of the molecule is Cc1nc(NC(=O)CCC(=O)c2ccc(F)cc2)sc1CN1CCC(C)CC1. The second kappa shape index (κ2) is 9.39. The van der Waals surface area contributed by atoms with Crippen LogP contribution in [0.1, 0.15) is 53.5 Å². The van der Waals surface area contributed by atoms with Gasteiger partial charge in [-0.15, -0.1) is 11.3 Å². The van der Waals surface area contributed by atoms with Gasteiger partial charge in [0, 0.05) is 29.8 Å². The Morgan fingerprint density at radius 3 is 2.57 bits per heavy atom. The molecule has 1 aliphatic heterocycles. The second-order valence-electron chi connectivity index (χ2n) is 7.46. The number of carbonyl (C=O) groups excluding carboxylic acids is 2. The molecule has 1 amide bonds. The molecule has 7 heteroatoms. The molecule has 0 unspecified atom stereocenters. The minimum absolute atomic E-state index is 0.0776.